The minimum Gasteiger partial charge on any atom is -0.207 e. The second kappa shape index (κ2) is 2.82. The van der Waals surface area contributed by atoms with Gasteiger partial charge in [-0.15, -0.1) is 0 Å². The Morgan fingerprint density at radius 1 is 1.20 bits per heavy atom. The molecule has 0 aromatic heterocycles. The van der Waals surface area contributed by atoms with Crippen LogP contribution in [0.2, 0.25) is 0 Å². The van der Waals surface area contributed by atoms with Gasteiger partial charge in [-0.3, -0.25) is 0 Å². The van der Waals surface area contributed by atoms with Crippen LogP contribution < -0.4 is 0 Å². The smallest absolute Gasteiger partial charge is 0.128 e. The van der Waals surface area contributed by atoms with Crippen molar-refractivity contribution in [3.63, 3.8) is 0 Å². The topological polar surface area (TPSA) is 0 Å². The number of rotatable bonds is 1. The molecule has 0 saturated carbocycles. The summed E-state index contributed by atoms with van der Waals surface area (Å²) in [5.41, 5.74) is 0.169. The fraction of sp³-hybridized carbons (Fsp3) is 0.143. The summed E-state index contributed by atoms with van der Waals surface area (Å²) in [5.74, 6) is -0.912. The average Bonchev–Trinajstić information content (AvgIpc) is 1.88. The van der Waals surface area contributed by atoms with Crippen LogP contribution in [0, 0.1) is 11.6 Å². The Bertz CT molecular complexity index is 215. The van der Waals surface area contributed by atoms with Gasteiger partial charge in [0.05, 0.1) is 0 Å². The summed E-state index contributed by atoms with van der Waals surface area (Å²) in [7, 11) is 1.72. The van der Waals surface area contributed by atoms with Crippen LogP contribution in [-0.2, 0) is 6.32 Å². The normalized spacial score (nSPS) is 9.80. The van der Waals surface area contributed by atoms with Gasteiger partial charge in [0.15, 0.2) is 0 Å². The van der Waals surface area contributed by atoms with Gasteiger partial charge in [0, 0.05) is 5.56 Å². The quantitative estimate of drug-likeness (QED) is 0.512. The van der Waals surface area contributed by atoms with Crippen molar-refractivity contribution in [1.29, 1.82) is 0 Å². The third kappa shape index (κ3) is 1.18. The number of hydrogen-bond acceptors (Lipinski definition) is 0. The first-order valence-electron chi connectivity index (χ1n) is 3.18. The molecule has 0 nitrogen and oxygen atoms in total. The summed E-state index contributed by atoms with van der Waals surface area (Å²) in [5, 5.41) is 0. The van der Waals surface area contributed by atoms with E-state index in [2.05, 4.69) is 0 Å². The molecule has 0 saturated heterocycles. The van der Waals surface area contributed by atoms with Crippen LogP contribution in [0.1, 0.15) is 5.56 Å². The number of hydrogen-bond donors (Lipinski definition) is 0. The minimum absolute atomic E-state index is 0.169. The molecule has 0 fully saturated rings. The van der Waals surface area contributed by atoms with Crippen LogP contribution in [-0.4, -0.2) is 7.85 Å². The first kappa shape index (κ1) is 7.25. The molecule has 0 heterocycles. The summed E-state index contributed by atoms with van der Waals surface area (Å²) in [4.78, 5) is 0. The SMILES string of the molecule is BCc1c(F)cccc1F. The van der Waals surface area contributed by atoms with Gasteiger partial charge < -0.3 is 0 Å². The van der Waals surface area contributed by atoms with Gasteiger partial charge in [-0.2, -0.15) is 0 Å². The number of halogens is 2. The fourth-order valence-electron chi connectivity index (χ4n) is 0.870. The van der Waals surface area contributed by atoms with Crippen molar-refractivity contribution < 1.29 is 8.78 Å². The zero-order chi connectivity index (χ0) is 7.56. The monoisotopic (exact) mass is 140 g/mol. The summed E-state index contributed by atoms with van der Waals surface area (Å²) in [6, 6.07) is 3.90. The average molecular weight is 140 g/mol. The Labute approximate surface area is 59.3 Å². The van der Waals surface area contributed by atoms with Crippen LogP contribution in [0.25, 0.3) is 0 Å². The van der Waals surface area contributed by atoms with E-state index in [1.807, 2.05) is 0 Å². The van der Waals surface area contributed by atoms with E-state index in [4.69, 9.17) is 0 Å². The highest BCUT2D eigenvalue weighted by molar-refractivity contribution is 6.08. The van der Waals surface area contributed by atoms with E-state index in [-0.39, 0.29) is 5.56 Å². The van der Waals surface area contributed by atoms with E-state index in [0.29, 0.717) is 6.32 Å². The molecule has 0 amide bonds. The van der Waals surface area contributed by atoms with Crippen molar-refractivity contribution in [2.75, 3.05) is 0 Å². The Morgan fingerprint density at radius 3 is 2.00 bits per heavy atom. The Morgan fingerprint density at radius 2 is 1.70 bits per heavy atom. The lowest BCUT2D eigenvalue weighted by molar-refractivity contribution is 0.565. The predicted molar refractivity (Wildman–Crippen MR) is 38.6 cm³/mol. The molecule has 0 spiro atoms. The van der Waals surface area contributed by atoms with E-state index in [9.17, 15) is 8.78 Å². The summed E-state index contributed by atoms with van der Waals surface area (Å²) in [6.07, 6.45) is 0.401. The van der Waals surface area contributed by atoms with Gasteiger partial charge >= 0.3 is 0 Å². The van der Waals surface area contributed by atoms with Crippen LogP contribution in [0.15, 0.2) is 18.2 Å². The van der Waals surface area contributed by atoms with E-state index in [1.165, 1.54) is 18.2 Å². The van der Waals surface area contributed by atoms with Gasteiger partial charge in [-0.1, -0.05) is 12.4 Å². The molecule has 0 aliphatic carbocycles. The Kier molecular flexibility index (Phi) is 2.04. The van der Waals surface area contributed by atoms with Crippen LogP contribution in [0.4, 0.5) is 8.78 Å². The van der Waals surface area contributed by atoms with Gasteiger partial charge in [-0.25, -0.2) is 8.78 Å². The maximum atomic E-state index is 12.6. The lowest BCUT2D eigenvalue weighted by atomic mass is 9.96. The van der Waals surface area contributed by atoms with Crippen molar-refractivity contribution in [3.05, 3.63) is 35.4 Å². The summed E-state index contributed by atoms with van der Waals surface area (Å²) >= 11 is 0. The van der Waals surface area contributed by atoms with Crippen LogP contribution >= 0.6 is 0 Å². The first-order valence-corrected chi connectivity index (χ1v) is 3.18. The first-order chi connectivity index (χ1) is 4.75. The zero-order valence-electron chi connectivity index (χ0n) is 5.70. The molecular formula is C7H7BF2. The van der Waals surface area contributed by atoms with Crippen molar-refractivity contribution in [2.24, 2.45) is 0 Å². The van der Waals surface area contributed by atoms with Crippen LogP contribution in [0.3, 0.4) is 0 Å². The van der Waals surface area contributed by atoms with Gasteiger partial charge in [0.2, 0.25) is 0 Å². The maximum absolute atomic E-state index is 12.6. The number of benzene rings is 1. The molecule has 0 bridgehead atoms. The molecule has 10 heavy (non-hydrogen) atoms. The third-order valence-corrected chi connectivity index (χ3v) is 1.42. The summed E-state index contributed by atoms with van der Waals surface area (Å²) in [6.45, 7) is 0. The highest BCUT2D eigenvalue weighted by atomic mass is 19.1. The Balaban J connectivity index is 3.17. The lowest BCUT2D eigenvalue weighted by Crippen LogP contribution is -1.93. The molecule has 52 valence electrons. The molecule has 0 unspecified atom stereocenters. The minimum atomic E-state index is -0.456. The van der Waals surface area contributed by atoms with E-state index in [1.54, 1.807) is 7.85 Å². The third-order valence-electron chi connectivity index (χ3n) is 1.42. The molecule has 3 heteroatoms. The molecule has 1 aromatic rings. The second-order valence-corrected chi connectivity index (χ2v) is 2.05. The van der Waals surface area contributed by atoms with E-state index < -0.39 is 11.6 Å². The zero-order valence-corrected chi connectivity index (χ0v) is 5.70. The second-order valence-electron chi connectivity index (χ2n) is 2.05. The standard InChI is InChI=1S/C7H7BF2/c8-4-5-6(9)2-1-3-7(5)10/h1-3H,4,8H2. The highest BCUT2D eigenvalue weighted by Crippen LogP contribution is 2.10. The fourth-order valence-corrected chi connectivity index (χ4v) is 0.870. The highest BCUT2D eigenvalue weighted by Gasteiger charge is 2.03. The molecular weight excluding hydrogens is 133 g/mol. The van der Waals surface area contributed by atoms with Crippen molar-refractivity contribution in [1.82, 2.24) is 0 Å². The molecule has 0 atom stereocenters. The Hall–Kier alpha value is -0.855. The van der Waals surface area contributed by atoms with Crippen molar-refractivity contribution in [2.45, 2.75) is 6.32 Å². The van der Waals surface area contributed by atoms with E-state index in [0.717, 1.165) is 0 Å². The van der Waals surface area contributed by atoms with Crippen LogP contribution in [0.5, 0.6) is 0 Å². The molecule has 0 radical (unpaired) electrons. The largest absolute Gasteiger partial charge is 0.207 e. The molecule has 0 aliphatic heterocycles. The van der Waals surface area contributed by atoms with Gasteiger partial charge in [0.25, 0.3) is 0 Å². The molecule has 0 N–H and O–H groups in total. The lowest BCUT2D eigenvalue weighted by Gasteiger charge is -1.98. The predicted octanol–water partition coefficient (Wildman–Crippen LogP) is 1.10. The van der Waals surface area contributed by atoms with Crippen molar-refractivity contribution in [3.8, 4) is 0 Å². The van der Waals surface area contributed by atoms with Gasteiger partial charge in [0.1, 0.15) is 19.5 Å². The van der Waals surface area contributed by atoms with Crippen molar-refractivity contribution >= 4 is 7.85 Å². The summed E-state index contributed by atoms with van der Waals surface area (Å²) < 4.78 is 25.2. The maximum Gasteiger partial charge on any atom is 0.128 e. The molecule has 1 rings (SSSR count). The van der Waals surface area contributed by atoms with E-state index >= 15 is 0 Å². The molecule has 0 aliphatic rings. The van der Waals surface area contributed by atoms with Gasteiger partial charge in [-0.05, 0) is 12.1 Å². The molecule has 1 aromatic carbocycles.